The summed E-state index contributed by atoms with van der Waals surface area (Å²) in [6, 6.07) is 9.36. The third kappa shape index (κ3) is 4.64. The summed E-state index contributed by atoms with van der Waals surface area (Å²) < 4.78 is 44.5. The standard InChI is InChI=1S/C17H15ClF3NO2/c1-2-9-24-13-6-3-11(4-7-13)16(23)22-15-8-5-12(18)10-14(15)17(19,20)21/h3-8,10H,2,9H2,1H3,(H,22,23). The number of carbonyl (C=O) groups is 1. The van der Waals surface area contributed by atoms with Crippen molar-refractivity contribution >= 4 is 23.2 Å². The highest BCUT2D eigenvalue weighted by Gasteiger charge is 2.34. The number of hydrogen-bond donors (Lipinski definition) is 1. The van der Waals surface area contributed by atoms with Crippen molar-refractivity contribution in [3.63, 3.8) is 0 Å². The van der Waals surface area contributed by atoms with Crippen molar-refractivity contribution in [3.05, 3.63) is 58.6 Å². The first-order chi connectivity index (χ1) is 11.3. The van der Waals surface area contributed by atoms with Crippen molar-refractivity contribution in [3.8, 4) is 5.75 Å². The summed E-state index contributed by atoms with van der Waals surface area (Å²) in [6.45, 7) is 2.51. The van der Waals surface area contributed by atoms with E-state index in [1.165, 1.54) is 18.2 Å². The molecule has 2 aromatic rings. The molecule has 0 fully saturated rings. The third-order valence-corrected chi connectivity index (χ3v) is 3.36. The lowest BCUT2D eigenvalue weighted by molar-refractivity contribution is -0.136. The lowest BCUT2D eigenvalue weighted by Gasteiger charge is -2.14. The van der Waals surface area contributed by atoms with E-state index in [9.17, 15) is 18.0 Å². The topological polar surface area (TPSA) is 38.3 Å². The van der Waals surface area contributed by atoms with Gasteiger partial charge in [0.25, 0.3) is 5.91 Å². The highest BCUT2D eigenvalue weighted by Crippen LogP contribution is 2.36. The van der Waals surface area contributed by atoms with Crippen LogP contribution in [-0.4, -0.2) is 12.5 Å². The van der Waals surface area contributed by atoms with E-state index in [0.717, 1.165) is 18.6 Å². The fraction of sp³-hybridized carbons (Fsp3) is 0.235. The van der Waals surface area contributed by atoms with Crippen LogP contribution in [0, 0.1) is 0 Å². The van der Waals surface area contributed by atoms with E-state index < -0.39 is 17.6 Å². The number of hydrogen-bond acceptors (Lipinski definition) is 2. The second-order valence-electron chi connectivity index (χ2n) is 5.01. The first-order valence-corrected chi connectivity index (χ1v) is 7.60. The summed E-state index contributed by atoms with van der Waals surface area (Å²) in [5.74, 6) is -0.0549. The van der Waals surface area contributed by atoms with Crippen LogP contribution in [0.5, 0.6) is 5.75 Å². The normalized spacial score (nSPS) is 11.2. The zero-order chi connectivity index (χ0) is 17.7. The predicted octanol–water partition coefficient (Wildman–Crippen LogP) is 5.40. The fourth-order valence-corrected chi connectivity index (χ4v) is 2.15. The van der Waals surface area contributed by atoms with Gasteiger partial charge in [-0.2, -0.15) is 13.2 Å². The molecule has 1 amide bonds. The lowest BCUT2D eigenvalue weighted by Crippen LogP contribution is -2.16. The van der Waals surface area contributed by atoms with Gasteiger partial charge in [-0.05, 0) is 48.9 Å². The predicted molar refractivity (Wildman–Crippen MR) is 86.6 cm³/mol. The van der Waals surface area contributed by atoms with Crippen molar-refractivity contribution in [2.45, 2.75) is 19.5 Å². The monoisotopic (exact) mass is 357 g/mol. The number of benzene rings is 2. The quantitative estimate of drug-likeness (QED) is 0.778. The summed E-state index contributed by atoms with van der Waals surface area (Å²) in [6.07, 6.45) is -3.77. The van der Waals surface area contributed by atoms with E-state index >= 15 is 0 Å². The average Bonchev–Trinajstić information content (AvgIpc) is 2.54. The van der Waals surface area contributed by atoms with Gasteiger partial charge in [0.2, 0.25) is 0 Å². The van der Waals surface area contributed by atoms with E-state index in [-0.39, 0.29) is 16.3 Å². The van der Waals surface area contributed by atoms with Crippen molar-refractivity contribution < 1.29 is 22.7 Å². The second-order valence-corrected chi connectivity index (χ2v) is 5.45. The van der Waals surface area contributed by atoms with Crippen LogP contribution in [0.4, 0.5) is 18.9 Å². The van der Waals surface area contributed by atoms with Gasteiger partial charge < -0.3 is 10.1 Å². The molecule has 0 saturated carbocycles. The molecule has 128 valence electrons. The van der Waals surface area contributed by atoms with E-state index in [1.54, 1.807) is 12.1 Å². The Morgan fingerprint density at radius 3 is 2.42 bits per heavy atom. The van der Waals surface area contributed by atoms with Gasteiger partial charge >= 0.3 is 6.18 Å². The largest absolute Gasteiger partial charge is 0.494 e. The smallest absolute Gasteiger partial charge is 0.418 e. The number of amides is 1. The zero-order valence-electron chi connectivity index (χ0n) is 12.8. The Bertz CT molecular complexity index is 715. The van der Waals surface area contributed by atoms with Gasteiger partial charge in [0.05, 0.1) is 17.9 Å². The Hall–Kier alpha value is -2.21. The van der Waals surface area contributed by atoms with Gasteiger partial charge in [-0.15, -0.1) is 0 Å². The molecular weight excluding hydrogens is 343 g/mol. The molecule has 0 aromatic heterocycles. The van der Waals surface area contributed by atoms with Gasteiger partial charge in [0.15, 0.2) is 0 Å². The Morgan fingerprint density at radius 1 is 1.17 bits per heavy atom. The molecule has 24 heavy (non-hydrogen) atoms. The molecule has 7 heteroatoms. The van der Waals surface area contributed by atoms with Crippen LogP contribution in [-0.2, 0) is 6.18 Å². The molecule has 0 aliphatic heterocycles. The number of ether oxygens (including phenoxy) is 1. The molecule has 3 nitrogen and oxygen atoms in total. The van der Waals surface area contributed by atoms with Crippen LogP contribution in [0.25, 0.3) is 0 Å². The molecule has 2 rings (SSSR count). The molecular formula is C17H15ClF3NO2. The molecule has 0 unspecified atom stereocenters. The maximum absolute atomic E-state index is 13.0. The first-order valence-electron chi connectivity index (χ1n) is 7.22. The minimum atomic E-state index is -4.62. The minimum Gasteiger partial charge on any atom is -0.494 e. The molecule has 1 N–H and O–H groups in total. The van der Waals surface area contributed by atoms with Crippen LogP contribution < -0.4 is 10.1 Å². The number of anilines is 1. The maximum atomic E-state index is 13.0. The number of alkyl halides is 3. The van der Waals surface area contributed by atoms with Gasteiger partial charge in [-0.1, -0.05) is 18.5 Å². The molecule has 0 aliphatic rings. The Balaban J connectivity index is 2.18. The summed E-state index contributed by atoms with van der Waals surface area (Å²) >= 11 is 5.61. The van der Waals surface area contributed by atoms with Gasteiger partial charge in [-0.3, -0.25) is 4.79 Å². The summed E-state index contributed by atoms with van der Waals surface area (Å²) in [4.78, 5) is 12.2. The van der Waals surface area contributed by atoms with Gasteiger partial charge in [0.1, 0.15) is 5.75 Å². The van der Waals surface area contributed by atoms with Crippen molar-refractivity contribution in [2.24, 2.45) is 0 Å². The minimum absolute atomic E-state index is 0.0576. The van der Waals surface area contributed by atoms with E-state index in [4.69, 9.17) is 16.3 Å². The number of rotatable bonds is 5. The summed E-state index contributed by atoms with van der Waals surface area (Å²) in [5, 5.41) is 2.21. The third-order valence-electron chi connectivity index (χ3n) is 3.12. The van der Waals surface area contributed by atoms with E-state index in [2.05, 4.69) is 5.32 Å². The number of halogens is 4. The summed E-state index contributed by atoms with van der Waals surface area (Å²) in [5.41, 5.74) is -1.11. The number of nitrogens with one attached hydrogen (secondary N) is 1. The van der Waals surface area contributed by atoms with Gasteiger partial charge in [-0.25, -0.2) is 0 Å². The molecule has 0 atom stereocenters. The van der Waals surface area contributed by atoms with Crippen LogP contribution in [0.3, 0.4) is 0 Å². The molecule has 0 saturated heterocycles. The zero-order valence-corrected chi connectivity index (χ0v) is 13.5. The van der Waals surface area contributed by atoms with Crippen LogP contribution in [0.1, 0.15) is 29.3 Å². The molecule has 2 aromatic carbocycles. The van der Waals surface area contributed by atoms with Crippen LogP contribution in [0.15, 0.2) is 42.5 Å². The molecule has 0 radical (unpaired) electrons. The molecule has 0 spiro atoms. The Labute approximate surface area is 142 Å². The van der Waals surface area contributed by atoms with Crippen molar-refractivity contribution in [1.29, 1.82) is 0 Å². The molecule has 0 heterocycles. The SMILES string of the molecule is CCCOc1ccc(C(=O)Nc2ccc(Cl)cc2C(F)(F)F)cc1. The first kappa shape index (κ1) is 18.1. The van der Waals surface area contributed by atoms with E-state index in [1.807, 2.05) is 6.92 Å². The Morgan fingerprint density at radius 2 is 1.83 bits per heavy atom. The maximum Gasteiger partial charge on any atom is 0.418 e. The second kappa shape index (κ2) is 7.57. The summed E-state index contributed by atoms with van der Waals surface area (Å²) in [7, 11) is 0. The fourth-order valence-electron chi connectivity index (χ4n) is 1.98. The van der Waals surface area contributed by atoms with Crippen LogP contribution in [0.2, 0.25) is 5.02 Å². The van der Waals surface area contributed by atoms with E-state index in [0.29, 0.717) is 12.4 Å². The lowest BCUT2D eigenvalue weighted by atomic mass is 10.1. The Kier molecular flexibility index (Phi) is 5.72. The highest BCUT2D eigenvalue weighted by molar-refractivity contribution is 6.30. The van der Waals surface area contributed by atoms with Crippen molar-refractivity contribution in [2.75, 3.05) is 11.9 Å². The average molecular weight is 358 g/mol. The van der Waals surface area contributed by atoms with Crippen LogP contribution >= 0.6 is 11.6 Å². The van der Waals surface area contributed by atoms with Crippen molar-refractivity contribution in [1.82, 2.24) is 0 Å². The molecule has 0 aliphatic carbocycles. The molecule has 0 bridgehead atoms. The van der Waals surface area contributed by atoms with Gasteiger partial charge in [0, 0.05) is 10.6 Å². The highest BCUT2D eigenvalue weighted by atomic mass is 35.5. The number of carbonyl (C=O) groups excluding carboxylic acids is 1.